The number of hydrogen-bond donors (Lipinski definition) is 1. The van der Waals surface area contributed by atoms with Crippen molar-refractivity contribution in [1.82, 2.24) is 4.31 Å². The first-order valence-corrected chi connectivity index (χ1v) is 10.2. The van der Waals surface area contributed by atoms with Crippen molar-refractivity contribution in [3.63, 3.8) is 0 Å². The molecule has 0 atom stereocenters. The lowest BCUT2D eigenvalue weighted by atomic mass is 10.2. The molecule has 1 aromatic heterocycles. The predicted octanol–water partition coefficient (Wildman–Crippen LogP) is 3.06. The van der Waals surface area contributed by atoms with E-state index in [1.807, 2.05) is 30.3 Å². The molecule has 8 nitrogen and oxygen atoms in total. The van der Waals surface area contributed by atoms with E-state index in [-0.39, 0.29) is 11.5 Å². The number of furan rings is 1. The van der Waals surface area contributed by atoms with Crippen LogP contribution in [0.15, 0.2) is 69.1 Å². The van der Waals surface area contributed by atoms with Gasteiger partial charge in [-0.05, 0) is 37.3 Å². The molecule has 3 aromatic rings. The molecule has 0 fully saturated rings. The van der Waals surface area contributed by atoms with Gasteiger partial charge in [0.1, 0.15) is 11.3 Å². The first-order valence-electron chi connectivity index (χ1n) is 8.75. The summed E-state index contributed by atoms with van der Waals surface area (Å²) >= 11 is 0. The van der Waals surface area contributed by atoms with Crippen LogP contribution in [0.2, 0.25) is 0 Å². The summed E-state index contributed by atoms with van der Waals surface area (Å²) in [7, 11) is -0.704. The van der Waals surface area contributed by atoms with Crippen LogP contribution in [0.5, 0.6) is 0 Å². The smallest absolute Gasteiger partial charge is 0.265 e. The van der Waals surface area contributed by atoms with Crippen molar-refractivity contribution in [2.24, 2.45) is 5.16 Å². The van der Waals surface area contributed by atoms with Gasteiger partial charge in [-0.1, -0.05) is 29.4 Å². The third-order valence-electron chi connectivity index (χ3n) is 4.08. The largest absolute Gasteiger partial charge is 0.455 e. The number of nitrogens with zero attached hydrogens (tertiary/aromatic N) is 2. The first kappa shape index (κ1) is 20.6. The monoisotopic (exact) mass is 415 g/mol. The fraction of sp³-hybridized carbons (Fsp3) is 0.200. The lowest BCUT2D eigenvalue weighted by Gasteiger charge is -2.12. The quantitative estimate of drug-likeness (QED) is 0.472. The number of carbonyl (C=O) groups is 1. The lowest BCUT2D eigenvalue weighted by molar-refractivity contribution is -0.120. The summed E-state index contributed by atoms with van der Waals surface area (Å²) < 4.78 is 31.1. The van der Waals surface area contributed by atoms with Gasteiger partial charge in [0.2, 0.25) is 10.0 Å². The van der Waals surface area contributed by atoms with E-state index in [9.17, 15) is 13.2 Å². The van der Waals surface area contributed by atoms with Gasteiger partial charge in [0.05, 0.1) is 4.90 Å². The third kappa shape index (κ3) is 4.82. The molecule has 0 bridgehead atoms. The van der Waals surface area contributed by atoms with Gasteiger partial charge < -0.3 is 14.6 Å². The highest BCUT2D eigenvalue weighted by molar-refractivity contribution is 7.89. The molecule has 1 heterocycles. The molecule has 29 heavy (non-hydrogen) atoms. The molecule has 9 heteroatoms. The zero-order chi connectivity index (χ0) is 21.0. The van der Waals surface area contributed by atoms with E-state index >= 15 is 0 Å². The summed E-state index contributed by atoms with van der Waals surface area (Å²) in [6.07, 6.45) is 0. The summed E-state index contributed by atoms with van der Waals surface area (Å²) in [5.41, 5.74) is 1.58. The zero-order valence-electron chi connectivity index (χ0n) is 16.2. The molecule has 152 valence electrons. The van der Waals surface area contributed by atoms with E-state index in [1.165, 1.54) is 26.2 Å². The van der Waals surface area contributed by atoms with Crippen molar-refractivity contribution in [3.05, 3.63) is 60.4 Å². The highest BCUT2D eigenvalue weighted by Crippen LogP contribution is 2.20. The van der Waals surface area contributed by atoms with Crippen molar-refractivity contribution in [3.8, 4) is 0 Å². The normalized spacial score (nSPS) is 12.3. The number of carbonyl (C=O) groups excluding carboxylic acids is 1. The number of anilines is 1. The van der Waals surface area contributed by atoms with Crippen molar-refractivity contribution in [2.75, 3.05) is 26.0 Å². The second-order valence-electron chi connectivity index (χ2n) is 6.46. The molecule has 0 saturated carbocycles. The van der Waals surface area contributed by atoms with Crippen molar-refractivity contribution >= 4 is 38.3 Å². The first-order chi connectivity index (χ1) is 13.8. The number of para-hydroxylation sites is 1. The maximum atomic E-state index is 12.2. The Bertz CT molecular complexity index is 1130. The SMILES string of the molecule is C/C(=N\OCC(=O)Nc1cccc(S(=O)(=O)N(C)C)c1)c1cc2ccccc2o1. The van der Waals surface area contributed by atoms with Crippen LogP contribution in [0.3, 0.4) is 0 Å². The summed E-state index contributed by atoms with van der Waals surface area (Å²) in [4.78, 5) is 17.3. The predicted molar refractivity (Wildman–Crippen MR) is 110 cm³/mol. The zero-order valence-corrected chi connectivity index (χ0v) is 17.1. The highest BCUT2D eigenvalue weighted by atomic mass is 32.2. The molecule has 0 saturated heterocycles. The minimum absolute atomic E-state index is 0.0833. The molecule has 0 unspecified atom stereocenters. The molecule has 0 aliphatic rings. The van der Waals surface area contributed by atoms with Crippen LogP contribution in [0.1, 0.15) is 12.7 Å². The highest BCUT2D eigenvalue weighted by Gasteiger charge is 2.17. The van der Waals surface area contributed by atoms with Crippen LogP contribution in [-0.4, -0.2) is 45.0 Å². The topological polar surface area (TPSA) is 101 Å². The van der Waals surface area contributed by atoms with E-state index in [2.05, 4.69) is 10.5 Å². The summed E-state index contributed by atoms with van der Waals surface area (Å²) in [6.45, 7) is 1.38. The van der Waals surface area contributed by atoms with Crippen LogP contribution in [0.25, 0.3) is 11.0 Å². The average Bonchev–Trinajstić information content (AvgIpc) is 3.12. The number of benzene rings is 2. The van der Waals surface area contributed by atoms with E-state index in [0.29, 0.717) is 17.2 Å². The van der Waals surface area contributed by atoms with Crippen molar-refractivity contribution in [1.29, 1.82) is 0 Å². The Hall–Kier alpha value is -3.17. The Morgan fingerprint density at radius 1 is 1.14 bits per heavy atom. The van der Waals surface area contributed by atoms with E-state index in [1.54, 1.807) is 19.1 Å². The Balaban J connectivity index is 1.60. The van der Waals surface area contributed by atoms with Crippen molar-refractivity contribution in [2.45, 2.75) is 11.8 Å². The van der Waals surface area contributed by atoms with Gasteiger partial charge in [-0.15, -0.1) is 0 Å². The van der Waals surface area contributed by atoms with Gasteiger partial charge in [-0.3, -0.25) is 4.79 Å². The Labute approximate surface area is 168 Å². The Morgan fingerprint density at radius 2 is 1.90 bits per heavy atom. The lowest BCUT2D eigenvalue weighted by Crippen LogP contribution is -2.22. The van der Waals surface area contributed by atoms with Crippen LogP contribution < -0.4 is 5.32 Å². The summed E-state index contributed by atoms with van der Waals surface area (Å²) in [5.74, 6) is 0.0822. The number of hydrogen-bond acceptors (Lipinski definition) is 6. The number of nitrogens with one attached hydrogen (secondary N) is 1. The Kier molecular flexibility index (Phi) is 6.00. The number of sulfonamides is 1. The van der Waals surface area contributed by atoms with Crippen LogP contribution in [0, 0.1) is 0 Å². The molecule has 0 aliphatic carbocycles. The maximum Gasteiger partial charge on any atom is 0.265 e. The van der Waals surface area contributed by atoms with Gasteiger partial charge in [0.25, 0.3) is 5.91 Å². The van der Waals surface area contributed by atoms with E-state index in [4.69, 9.17) is 9.25 Å². The standard InChI is InChI=1S/C20H21N3O5S/c1-14(19-11-15-7-4-5-10-18(15)28-19)22-27-13-20(24)21-16-8-6-9-17(12-16)29(25,26)23(2)3/h4-12H,13H2,1-3H3,(H,21,24)/b22-14+. The van der Waals surface area contributed by atoms with Crippen molar-refractivity contribution < 1.29 is 22.5 Å². The summed E-state index contributed by atoms with van der Waals surface area (Å²) in [6, 6.07) is 15.4. The number of rotatable bonds is 7. The molecule has 0 aliphatic heterocycles. The summed E-state index contributed by atoms with van der Waals surface area (Å²) in [5, 5.41) is 7.45. The van der Waals surface area contributed by atoms with Crippen LogP contribution in [-0.2, 0) is 19.7 Å². The molecule has 2 aromatic carbocycles. The molecule has 1 amide bonds. The van der Waals surface area contributed by atoms with E-state index in [0.717, 1.165) is 15.3 Å². The number of oxime groups is 1. The van der Waals surface area contributed by atoms with Gasteiger partial charge in [0.15, 0.2) is 12.4 Å². The minimum Gasteiger partial charge on any atom is -0.455 e. The van der Waals surface area contributed by atoms with E-state index < -0.39 is 15.9 Å². The second-order valence-corrected chi connectivity index (χ2v) is 8.61. The van der Waals surface area contributed by atoms with Crippen LogP contribution >= 0.6 is 0 Å². The molecular weight excluding hydrogens is 394 g/mol. The molecule has 0 spiro atoms. The second kappa shape index (κ2) is 8.46. The maximum absolute atomic E-state index is 12.2. The fourth-order valence-corrected chi connectivity index (χ4v) is 3.48. The number of fused-ring (bicyclic) bond motifs is 1. The van der Waals surface area contributed by atoms with Crippen LogP contribution in [0.4, 0.5) is 5.69 Å². The van der Waals surface area contributed by atoms with Gasteiger partial charge in [0, 0.05) is 25.2 Å². The van der Waals surface area contributed by atoms with Gasteiger partial charge in [-0.25, -0.2) is 12.7 Å². The molecular formula is C20H21N3O5S. The van der Waals surface area contributed by atoms with Gasteiger partial charge in [-0.2, -0.15) is 0 Å². The molecule has 3 rings (SSSR count). The Morgan fingerprint density at radius 3 is 2.62 bits per heavy atom. The third-order valence-corrected chi connectivity index (χ3v) is 5.89. The molecule has 1 N–H and O–H groups in total. The minimum atomic E-state index is -3.59. The van der Waals surface area contributed by atoms with Gasteiger partial charge >= 0.3 is 0 Å². The fourth-order valence-electron chi connectivity index (χ4n) is 2.54. The molecule has 0 radical (unpaired) electrons. The number of amides is 1. The average molecular weight is 415 g/mol.